The smallest absolute Gasteiger partial charge is 0.103 e. The second-order valence-corrected chi connectivity index (χ2v) is 5.35. The average Bonchev–Trinajstić information content (AvgIpc) is 2.37. The van der Waals surface area contributed by atoms with Gasteiger partial charge in [0, 0.05) is 6.42 Å². The van der Waals surface area contributed by atoms with Crippen LogP contribution in [0.5, 0.6) is 0 Å². The molecule has 0 bridgehead atoms. The minimum atomic E-state index is -0.0641. The van der Waals surface area contributed by atoms with Gasteiger partial charge in [-0.1, -0.05) is 37.3 Å². The highest BCUT2D eigenvalue weighted by atomic mass is 16.3. The molecular formula is C15H24NO+. The van der Waals surface area contributed by atoms with E-state index in [4.69, 9.17) is 0 Å². The van der Waals surface area contributed by atoms with Gasteiger partial charge in [-0.2, -0.15) is 0 Å². The first-order valence-corrected chi connectivity index (χ1v) is 6.82. The van der Waals surface area contributed by atoms with Gasteiger partial charge in [0.25, 0.3) is 0 Å². The molecule has 2 heteroatoms. The van der Waals surface area contributed by atoms with Gasteiger partial charge in [0.15, 0.2) is 0 Å². The van der Waals surface area contributed by atoms with Crippen LogP contribution < -0.4 is 4.90 Å². The Morgan fingerprint density at radius 1 is 1.35 bits per heavy atom. The molecule has 1 aliphatic heterocycles. The Hall–Kier alpha value is -0.860. The zero-order valence-electron chi connectivity index (χ0n) is 10.7. The van der Waals surface area contributed by atoms with Gasteiger partial charge < -0.3 is 10.0 Å². The molecule has 2 N–H and O–H groups in total. The van der Waals surface area contributed by atoms with Crippen molar-refractivity contribution >= 4 is 0 Å². The topological polar surface area (TPSA) is 24.7 Å². The van der Waals surface area contributed by atoms with Crippen LogP contribution in [-0.4, -0.2) is 30.8 Å². The molecule has 1 heterocycles. The van der Waals surface area contributed by atoms with Crippen LogP contribution in [0.25, 0.3) is 0 Å². The third-order valence-corrected chi connectivity index (χ3v) is 3.89. The Kier molecular flexibility index (Phi) is 4.57. The summed E-state index contributed by atoms with van der Waals surface area (Å²) in [6, 6.07) is 10.7. The van der Waals surface area contributed by atoms with Gasteiger partial charge in [-0.15, -0.1) is 0 Å². The highest BCUT2D eigenvalue weighted by Gasteiger charge is 2.21. The molecule has 0 aromatic heterocycles. The Bertz CT molecular complexity index is 325. The molecule has 1 saturated heterocycles. The summed E-state index contributed by atoms with van der Waals surface area (Å²) < 4.78 is 0. The summed E-state index contributed by atoms with van der Waals surface area (Å²) >= 11 is 0. The zero-order chi connectivity index (χ0) is 12.1. The predicted molar refractivity (Wildman–Crippen MR) is 70.3 cm³/mol. The predicted octanol–water partition coefficient (Wildman–Crippen LogP) is 1.22. The summed E-state index contributed by atoms with van der Waals surface area (Å²) in [7, 11) is 0. The summed E-state index contributed by atoms with van der Waals surface area (Å²) in [5, 5.41) is 9.64. The van der Waals surface area contributed by atoms with Crippen molar-refractivity contribution in [1.82, 2.24) is 0 Å². The molecule has 1 aliphatic rings. The molecular weight excluding hydrogens is 210 g/mol. The largest absolute Gasteiger partial charge is 0.387 e. The number of piperidine rings is 1. The van der Waals surface area contributed by atoms with Crippen LogP contribution in [0.2, 0.25) is 0 Å². The van der Waals surface area contributed by atoms with Gasteiger partial charge >= 0.3 is 0 Å². The van der Waals surface area contributed by atoms with E-state index >= 15 is 0 Å². The lowest BCUT2D eigenvalue weighted by Gasteiger charge is -2.28. The van der Waals surface area contributed by atoms with E-state index in [0.717, 1.165) is 13.0 Å². The minimum Gasteiger partial charge on any atom is -0.387 e. The first kappa shape index (κ1) is 12.6. The van der Waals surface area contributed by atoms with Crippen LogP contribution in [0.3, 0.4) is 0 Å². The van der Waals surface area contributed by atoms with Crippen molar-refractivity contribution < 1.29 is 10.0 Å². The van der Waals surface area contributed by atoms with Crippen molar-refractivity contribution in [2.24, 2.45) is 0 Å². The number of rotatable bonds is 4. The highest BCUT2D eigenvalue weighted by Crippen LogP contribution is 2.17. The Labute approximate surface area is 104 Å². The number of likely N-dealkylation sites (tertiary alicyclic amines) is 1. The van der Waals surface area contributed by atoms with E-state index < -0.39 is 0 Å². The number of hydrogen-bond donors (Lipinski definition) is 2. The second-order valence-electron chi connectivity index (χ2n) is 5.35. The molecule has 94 valence electrons. The van der Waals surface area contributed by atoms with Gasteiger partial charge in [0.2, 0.25) is 0 Å². The molecule has 1 fully saturated rings. The lowest BCUT2D eigenvalue weighted by atomic mass is 9.97. The fraction of sp³-hybridized carbons (Fsp3) is 0.600. The molecule has 0 spiro atoms. The molecule has 1 aromatic carbocycles. The van der Waals surface area contributed by atoms with E-state index in [2.05, 4.69) is 37.3 Å². The van der Waals surface area contributed by atoms with Gasteiger partial charge in [-0.25, -0.2) is 0 Å². The van der Waals surface area contributed by atoms with Crippen molar-refractivity contribution in [3.8, 4) is 0 Å². The summed E-state index contributed by atoms with van der Waals surface area (Å²) in [4.78, 5) is 1.58. The third kappa shape index (κ3) is 3.83. The van der Waals surface area contributed by atoms with Gasteiger partial charge in [0.05, 0.1) is 13.1 Å². The van der Waals surface area contributed by atoms with E-state index in [1.165, 1.54) is 31.5 Å². The maximum absolute atomic E-state index is 9.64. The summed E-state index contributed by atoms with van der Waals surface area (Å²) in [5.41, 5.74) is 1.43. The van der Waals surface area contributed by atoms with Crippen molar-refractivity contribution in [2.75, 3.05) is 19.6 Å². The monoisotopic (exact) mass is 234 g/mol. The first-order valence-electron chi connectivity index (χ1n) is 6.82. The lowest BCUT2D eigenvalue weighted by Crippen LogP contribution is -3.14. The zero-order valence-corrected chi connectivity index (χ0v) is 10.7. The molecule has 2 rings (SSSR count). The van der Waals surface area contributed by atoms with Crippen molar-refractivity contribution in [1.29, 1.82) is 0 Å². The summed E-state index contributed by atoms with van der Waals surface area (Å²) in [6.45, 7) is 5.67. The van der Waals surface area contributed by atoms with E-state index in [-0.39, 0.29) is 6.10 Å². The van der Waals surface area contributed by atoms with Gasteiger partial charge in [-0.3, -0.25) is 0 Å². The van der Waals surface area contributed by atoms with Crippen molar-refractivity contribution in [2.45, 2.75) is 38.2 Å². The number of aliphatic hydroxyl groups is 1. The second kappa shape index (κ2) is 6.18. The van der Waals surface area contributed by atoms with Crippen LogP contribution in [-0.2, 0) is 0 Å². The maximum atomic E-state index is 9.64. The van der Waals surface area contributed by atoms with E-state index in [1.807, 2.05) is 0 Å². The van der Waals surface area contributed by atoms with E-state index in [9.17, 15) is 5.11 Å². The van der Waals surface area contributed by atoms with Crippen molar-refractivity contribution in [3.05, 3.63) is 35.9 Å². The minimum absolute atomic E-state index is 0.0641. The van der Waals surface area contributed by atoms with Crippen LogP contribution in [0, 0.1) is 0 Å². The molecule has 0 saturated carbocycles. The van der Waals surface area contributed by atoms with Crippen LogP contribution in [0.1, 0.15) is 37.7 Å². The fourth-order valence-electron chi connectivity index (χ4n) is 2.72. The number of hydrogen-bond acceptors (Lipinski definition) is 1. The molecule has 1 unspecified atom stereocenters. The number of nitrogens with one attached hydrogen (secondary N) is 1. The quantitative estimate of drug-likeness (QED) is 0.804. The molecule has 3 atom stereocenters. The Morgan fingerprint density at radius 3 is 2.82 bits per heavy atom. The maximum Gasteiger partial charge on any atom is 0.103 e. The number of benzene rings is 1. The molecule has 1 aromatic rings. The normalized spacial score (nSPS) is 26.7. The van der Waals surface area contributed by atoms with E-state index in [1.54, 1.807) is 4.90 Å². The van der Waals surface area contributed by atoms with Crippen LogP contribution in [0.4, 0.5) is 0 Å². The first-order chi connectivity index (χ1) is 8.25. The Balaban J connectivity index is 1.78. The molecule has 0 amide bonds. The van der Waals surface area contributed by atoms with Crippen LogP contribution >= 0.6 is 0 Å². The molecule has 0 radical (unpaired) electrons. The average molecular weight is 234 g/mol. The Morgan fingerprint density at radius 2 is 2.12 bits per heavy atom. The van der Waals surface area contributed by atoms with E-state index in [0.29, 0.717) is 5.92 Å². The summed E-state index contributed by atoms with van der Waals surface area (Å²) in [6.07, 6.45) is 3.32. The fourth-order valence-corrected chi connectivity index (χ4v) is 2.72. The van der Waals surface area contributed by atoms with Crippen molar-refractivity contribution in [3.63, 3.8) is 0 Å². The summed E-state index contributed by atoms with van der Waals surface area (Å²) in [5.74, 6) is 0.628. The molecule has 2 nitrogen and oxygen atoms in total. The highest BCUT2D eigenvalue weighted by molar-refractivity contribution is 5.18. The number of aliphatic hydroxyl groups excluding tert-OH is 1. The number of quaternary nitrogens is 1. The van der Waals surface area contributed by atoms with Gasteiger partial charge in [-0.05, 0) is 24.3 Å². The standard InChI is InChI=1S/C15H23NO/c1-13(14-6-3-2-4-7-14)9-11-16-10-5-8-15(17)12-16/h2-4,6-7,13,15,17H,5,8-12H2,1H3/p+1/t13-,15+/m1/s1. The van der Waals surface area contributed by atoms with Crippen LogP contribution in [0.15, 0.2) is 30.3 Å². The molecule has 0 aliphatic carbocycles. The molecule has 17 heavy (non-hydrogen) atoms. The third-order valence-electron chi connectivity index (χ3n) is 3.89. The van der Waals surface area contributed by atoms with Gasteiger partial charge in [0.1, 0.15) is 12.6 Å². The SMILES string of the molecule is C[C@H](CC[NH+]1CCC[C@H](O)C1)c1ccccc1. The lowest BCUT2D eigenvalue weighted by molar-refractivity contribution is -0.908.